The third kappa shape index (κ3) is 2.90. The number of nitrogens with zero attached hydrogens (tertiary/aromatic N) is 2. The van der Waals surface area contributed by atoms with Gasteiger partial charge in [-0.15, -0.1) is 0 Å². The summed E-state index contributed by atoms with van der Waals surface area (Å²) in [7, 11) is 0. The van der Waals surface area contributed by atoms with Crippen LogP contribution in [0, 0.1) is 13.8 Å². The number of aromatic nitrogens is 2. The van der Waals surface area contributed by atoms with Gasteiger partial charge in [-0.3, -0.25) is 4.68 Å². The zero-order valence-electron chi connectivity index (χ0n) is 11.9. The molecule has 0 aliphatic heterocycles. The predicted molar refractivity (Wildman–Crippen MR) is 70.3 cm³/mol. The molecule has 1 atom stereocenters. The fourth-order valence-corrected chi connectivity index (χ4v) is 2.07. The van der Waals surface area contributed by atoms with E-state index >= 15 is 0 Å². The Hall–Kier alpha value is -1.36. The molecule has 1 aromatic heterocycles. The minimum atomic E-state index is -1.05. The van der Waals surface area contributed by atoms with E-state index in [4.69, 9.17) is 10.5 Å². The largest absolute Gasteiger partial charge is 0.465 e. The number of carbonyl (C=O) groups is 1. The maximum Gasteiger partial charge on any atom is 0.327 e. The monoisotopic (exact) mass is 253 g/mol. The van der Waals surface area contributed by atoms with Gasteiger partial charge in [0.2, 0.25) is 0 Å². The lowest BCUT2D eigenvalue weighted by atomic mass is 10.0. The summed E-state index contributed by atoms with van der Waals surface area (Å²) in [4.78, 5) is 11.8. The van der Waals surface area contributed by atoms with E-state index in [0.717, 1.165) is 17.8 Å². The number of hydrogen-bond donors (Lipinski definition) is 1. The van der Waals surface area contributed by atoms with Gasteiger partial charge in [0.25, 0.3) is 0 Å². The van der Waals surface area contributed by atoms with Crippen molar-refractivity contribution in [1.29, 1.82) is 0 Å². The Bertz CT molecular complexity index is 436. The van der Waals surface area contributed by atoms with E-state index < -0.39 is 11.5 Å². The van der Waals surface area contributed by atoms with Gasteiger partial charge < -0.3 is 10.5 Å². The van der Waals surface area contributed by atoms with Crippen LogP contribution >= 0.6 is 0 Å². The van der Waals surface area contributed by atoms with Crippen LogP contribution in [0.15, 0.2) is 0 Å². The lowest BCUT2D eigenvalue weighted by molar-refractivity contribution is -0.149. The van der Waals surface area contributed by atoms with Crippen LogP contribution in [0.25, 0.3) is 0 Å². The summed E-state index contributed by atoms with van der Waals surface area (Å²) in [5, 5.41) is 4.44. The molecule has 5 heteroatoms. The molecule has 1 heterocycles. The highest BCUT2D eigenvalue weighted by Crippen LogP contribution is 2.16. The maximum atomic E-state index is 11.8. The Morgan fingerprint density at radius 2 is 2.06 bits per heavy atom. The van der Waals surface area contributed by atoms with Crippen molar-refractivity contribution in [2.75, 3.05) is 6.61 Å². The second kappa shape index (κ2) is 5.52. The van der Waals surface area contributed by atoms with Crippen LogP contribution < -0.4 is 5.73 Å². The van der Waals surface area contributed by atoms with Crippen LogP contribution in [-0.2, 0) is 22.5 Å². The molecule has 0 amide bonds. The normalized spacial score (nSPS) is 14.3. The molecular weight excluding hydrogens is 230 g/mol. The first-order valence-electron chi connectivity index (χ1n) is 6.32. The Labute approximate surface area is 108 Å². The molecule has 102 valence electrons. The van der Waals surface area contributed by atoms with Crippen LogP contribution in [0.3, 0.4) is 0 Å². The van der Waals surface area contributed by atoms with E-state index in [9.17, 15) is 4.79 Å². The van der Waals surface area contributed by atoms with Crippen molar-refractivity contribution in [2.24, 2.45) is 5.73 Å². The second-order valence-electron chi connectivity index (χ2n) is 4.80. The van der Waals surface area contributed by atoms with Gasteiger partial charge in [0.15, 0.2) is 0 Å². The Morgan fingerprint density at radius 3 is 2.50 bits per heavy atom. The third-order valence-corrected chi connectivity index (χ3v) is 3.10. The average molecular weight is 253 g/mol. The number of esters is 1. The zero-order chi connectivity index (χ0) is 13.9. The van der Waals surface area contributed by atoms with E-state index in [1.165, 1.54) is 5.56 Å². The van der Waals surface area contributed by atoms with Crippen molar-refractivity contribution in [1.82, 2.24) is 9.78 Å². The molecule has 2 N–H and O–H groups in total. The molecule has 0 aliphatic carbocycles. The Kier molecular flexibility index (Phi) is 4.51. The summed E-state index contributed by atoms with van der Waals surface area (Å²) in [6.45, 7) is 10.2. The van der Waals surface area contributed by atoms with E-state index in [-0.39, 0.29) is 0 Å². The van der Waals surface area contributed by atoms with Crippen molar-refractivity contribution in [3.63, 3.8) is 0 Å². The molecule has 0 saturated carbocycles. The summed E-state index contributed by atoms with van der Waals surface area (Å²) in [5.41, 5.74) is 8.24. The van der Waals surface area contributed by atoms with E-state index in [0.29, 0.717) is 13.2 Å². The summed E-state index contributed by atoms with van der Waals surface area (Å²) in [6, 6.07) is 0. The predicted octanol–water partition coefficient (Wildman–Crippen LogP) is 1.34. The molecule has 0 aliphatic rings. The molecule has 1 unspecified atom stereocenters. The number of carbonyl (C=O) groups excluding carboxylic acids is 1. The maximum absolute atomic E-state index is 11.8. The van der Waals surface area contributed by atoms with Gasteiger partial charge in [0.1, 0.15) is 5.54 Å². The summed E-state index contributed by atoms with van der Waals surface area (Å²) in [5.74, 6) is -0.393. The fraction of sp³-hybridized carbons (Fsp3) is 0.692. The van der Waals surface area contributed by atoms with Crippen LogP contribution in [-0.4, -0.2) is 27.9 Å². The molecule has 0 radical (unpaired) electrons. The van der Waals surface area contributed by atoms with E-state index in [2.05, 4.69) is 12.0 Å². The van der Waals surface area contributed by atoms with Gasteiger partial charge in [-0.1, -0.05) is 6.92 Å². The molecular formula is C13H23N3O2. The van der Waals surface area contributed by atoms with Gasteiger partial charge in [-0.2, -0.15) is 5.10 Å². The smallest absolute Gasteiger partial charge is 0.327 e. The third-order valence-electron chi connectivity index (χ3n) is 3.10. The van der Waals surface area contributed by atoms with Crippen LogP contribution in [0.1, 0.15) is 37.7 Å². The van der Waals surface area contributed by atoms with Gasteiger partial charge in [-0.05, 0) is 39.7 Å². The number of hydrogen-bond acceptors (Lipinski definition) is 4. The molecule has 0 saturated heterocycles. The Morgan fingerprint density at radius 1 is 1.44 bits per heavy atom. The summed E-state index contributed by atoms with van der Waals surface area (Å²) in [6.07, 6.45) is 0.929. The SMILES string of the molecule is CCOC(=O)C(C)(N)Cn1nc(C)c(CC)c1C. The first-order valence-corrected chi connectivity index (χ1v) is 6.32. The average Bonchev–Trinajstić information content (AvgIpc) is 2.53. The number of nitrogens with two attached hydrogens (primary N) is 1. The van der Waals surface area contributed by atoms with Crippen molar-refractivity contribution >= 4 is 5.97 Å². The van der Waals surface area contributed by atoms with Crippen molar-refractivity contribution in [3.8, 4) is 0 Å². The molecule has 5 nitrogen and oxygen atoms in total. The minimum absolute atomic E-state index is 0.332. The van der Waals surface area contributed by atoms with Gasteiger partial charge in [0.05, 0.1) is 18.8 Å². The van der Waals surface area contributed by atoms with Crippen LogP contribution in [0.2, 0.25) is 0 Å². The highest BCUT2D eigenvalue weighted by atomic mass is 16.5. The van der Waals surface area contributed by atoms with Crippen LogP contribution in [0.4, 0.5) is 0 Å². The molecule has 1 rings (SSSR count). The zero-order valence-corrected chi connectivity index (χ0v) is 11.9. The van der Waals surface area contributed by atoms with Crippen molar-refractivity contribution < 1.29 is 9.53 Å². The Balaban J connectivity index is 2.94. The van der Waals surface area contributed by atoms with Crippen molar-refractivity contribution in [3.05, 3.63) is 17.0 Å². The van der Waals surface area contributed by atoms with Gasteiger partial charge >= 0.3 is 5.97 Å². The number of rotatable bonds is 5. The van der Waals surface area contributed by atoms with Gasteiger partial charge in [0, 0.05) is 5.69 Å². The molecule has 0 spiro atoms. The number of aryl methyl sites for hydroxylation is 1. The highest BCUT2D eigenvalue weighted by Gasteiger charge is 2.31. The van der Waals surface area contributed by atoms with Gasteiger partial charge in [-0.25, -0.2) is 4.79 Å². The summed E-state index contributed by atoms with van der Waals surface area (Å²) >= 11 is 0. The molecule has 0 fully saturated rings. The van der Waals surface area contributed by atoms with Crippen LogP contribution in [0.5, 0.6) is 0 Å². The standard InChI is InChI=1S/C13H23N3O2/c1-6-11-9(3)15-16(10(11)4)8-13(5,14)12(17)18-7-2/h6-8,14H2,1-5H3. The quantitative estimate of drug-likeness (QED) is 0.804. The lowest BCUT2D eigenvalue weighted by Crippen LogP contribution is -2.50. The fourth-order valence-electron chi connectivity index (χ4n) is 2.07. The van der Waals surface area contributed by atoms with E-state index in [1.54, 1.807) is 18.5 Å². The molecule has 1 aromatic rings. The van der Waals surface area contributed by atoms with E-state index in [1.807, 2.05) is 13.8 Å². The second-order valence-corrected chi connectivity index (χ2v) is 4.80. The topological polar surface area (TPSA) is 70.1 Å². The lowest BCUT2D eigenvalue weighted by Gasteiger charge is -2.22. The first-order chi connectivity index (χ1) is 8.33. The molecule has 0 bridgehead atoms. The highest BCUT2D eigenvalue weighted by molar-refractivity contribution is 5.79. The number of ether oxygens (including phenoxy) is 1. The summed E-state index contributed by atoms with van der Waals surface area (Å²) < 4.78 is 6.77. The molecule has 18 heavy (non-hydrogen) atoms. The first kappa shape index (κ1) is 14.7. The minimum Gasteiger partial charge on any atom is -0.465 e. The van der Waals surface area contributed by atoms with Crippen molar-refractivity contribution in [2.45, 2.75) is 53.1 Å². The molecule has 0 aromatic carbocycles.